The summed E-state index contributed by atoms with van der Waals surface area (Å²) >= 11 is 0. The summed E-state index contributed by atoms with van der Waals surface area (Å²) in [5.41, 5.74) is 1.16. The molecule has 0 spiro atoms. The van der Waals surface area contributed by atoms with Crippen LogP contribution in [0.4, 0.5) is 0 Å². The molecule has 1 aromatic carbocycles. The minimum absolute atomic E-state index is 0.574. The SMILES string of the molecule is CCCC(CC)NCc1cccc(OCC)c1OC. The lowest BCUT2D eigenvalue weighted by Gasteiger charge is -2.18. The highest BCUT2D eigenvalue weighted by Gasteiger charge is 2.11. The molecule has 19 heavy (non-hydrogen) atoms. The van der Waals surface area contributed by atoms with E-state index in [0.29, 0.717) is 12.6 Å². The molecule has 0 heterocycles. The van der Waals surface area contributed by atoms with Gasteiger partial charge in [-0.25, -0.2) is 0 Å². The molecule has 0 radical (unpaired) electrons. The molecule has 0 aromatic heterocycles. The second-order valence-corrected chi connectivity index (χ2v) is 4.66. The van der Waals surface area contributed by atoms with Crippen LogP contribution in [0.15, 0.2) is 18.2 Å². The Kier molecular flexibility index (Phi) is 7.34. The van der Waals surface area contributed by atoms with Gasteiger partial charge in [-0.2, -0.15) is 0 Å². The fourth-order valence-electron chi connectivity index (χ4n) is 2.25. The average molecular weight is 265 g/mol. The summed E-state index contributed by atoms with van der Waals surface area (Å²) < 4.78 is 11.1. The molecule has 0 saturated heterocycles. The highest BCUT2D eigenvalue weighted by Crippen LogP contribution is 2.31. The summed E-state index contributed by atoms with van der Waals surface area (Å²) in [4.78, 5) is 0. The van der Waals surface area contributed by atoms with Gasteiger partial charge in [0, 0.05) is 18.2 Å². The molecule has 1 rings (SSSR count). The van der Waals surface area contributed by atoms with Gasteiger partial charge in [-0.3, -0.25) is 0 Å². The minimum Gasteiger partial charge on any atom is -0.493 e. The zero-order valence-corrected chi connectivity index (χ0v) is 12.7. The van der Waals surface area contributed by atoms with Crippen LogP contribution in [-0.2, 0) is 6.54 Å². The molecule has 0 fully saturated rings. The van der Waals surface area contributed by atoms with Crippen LogP contribution in [0.3, 0.4) is 0 Å². The number of hydrogen-bond donors (Lipinski definition) is 1. The standard InChI is InChI=1S/C16H27NO2/c1-5-9-14(6-2)17-12-13-10-8-11-15(19-7-3)16(13)18-4/h8,10-11,14,17H,5-7,9,12H2,1-4H3. The van der Waals surface area contributed by atoms with E-state index < -0.39 is 0 Å². The predicted octanol–water partition coefficient (Wildman–Crippen LogP) is 3.76. The summed E-state index contributed by atoms with van der Waals surface area (Å²) in [6, 6.07) is 6.64. The molecule has 0 aliphatic rings. The van der Waals surface area contributed by atoms with E-state index >= 15 is 0 Å². The fraction of sp³-hybridized carbons (Fsp3) is 0.625. The van der Waals surface area contributed by atoms with Crippen LogP contribution in [0.5, 0.6) is 11.5 Å². The van der Waals surface area contributed by atoms with Crippen LogP contribution in [0.1, 0.15) is 45.6 Å². The lowest BCUT2D eigenvalue weighted by atomic mass is 10.1. The summed E-state index contributed by atoms with van der Waals surface area (Å²) in [7, 11) is 1.70. The largest absolute Gasteiger partial charge is 0.493 e. The highest BCUT2D eigenvalue weighted by atomic mass is 16.5. The van der Waals surface area contributed by atoms with Gasteiger partial charge in [0.1, 0.15) is 0 Å². The monoisotopic (exact) mass is 265 g/mol. The molecular weight excluding hydrogens is 238 g/mol. The van der Waals surface area contributed by atoms with E-state index in [1.54, 1.807) is 7.11 Å². The molecule has 3 heteroatoms. The van der Waals surface area contributed by atoms with Crippen molar-refractivity contribution >= 4 is 0 Å². The van der Waals surface area contributed by atoms with Crippen molar-refractivity contribution in [3.8, 4) is 11.5 Å². The first kappa shape index (κ1) is 15.8. The Morgan fingerprint density at radius 3 is 2.58 bits per heavy atom. The zero-order chi connectivity index (χ0) is 14.1. The number of methoxy groups -OCH3 is 1. The third-order valence-corrected chi connectivity index (χ3v) is 3.28. The minimum atomic E-state index is 0.574. The molecule has 0 aliphatic carbocycles. The van der Waals surface area contributed by atoms with Crippen molar-refractivity contribution in [1.82, 2.24) is 5.32 Å². The fourth-order valence-corrected chi connectivity index (χ4v) is 2.25. The van der Waals surface area contributed by atoms with Crippen LogP contribution in [0.25, 0.3) is 0 Å². The van der Waals surface area contributed by atoms with Gasteiger partial charge in [-0.05, 0) is 25.8 Å². The molecule has 0 amide bonds. The quantitative estimate of drug-likeness (QED) is 0.737. The van der Waals surface area contributed by atoms with E-state index in [4.69, 9.17) is 9.47 Å². The molecule has 0 bridgehead atoms. The van der Waals surface area contributed by atoms with Crippen molar-refractivity contribution in [3.05, 3.63) is 23.8 Å². The van der Waals surface area contributed by atoms with E-state index in [0.717, 1.165) is 30.0 Å². The van der Waals surface area contributed by atoms with Gasteiger partial charge in [0.15, 0.2) is 11.5 Å². The molecule has 0 aliphatic heterocycles. The Hall–Kier alpha value is -1.22. The normalized spacial score (nSPS) is 12.2. The Bertz CT molecular complexity index is 366. The van der Waals surface area contributed by atoms with Gasteiger partial charge in [-0.1, -0.05) is 32.4 Å². The van der Waals surface area contributed by atoms with Gasteiger partial charge >= 0.3 is 0 Å². The van der Waals surface area contributed by atoms with Gasteiger partial charge in [0.25, 0.3) is 0 Å². The second-order valence-electron chi connectivity index (χ2n) is 4.66. The average Bonchev–Trinajstić information content (AvgIpc) is 2.44. The number of rotatable bonds is 9. The number of ether oxygens (including phenoxy) is 2. The molecular formula is C16H27NO2. The molecule has 1 unspecified atom stereocenters. The maximum atomic E-state index is 5.60. The van der Waals surface area contributed by atoms with Gasteiger partial charge in [-0.15, -0.1) is 0 Å². The second kappa shape index (κ2) is 8.81. The van der Waals surface area contributed by atoms with E-state index in [1.165, 1.54) is 12.8 Å². The van der Waals surface area contributed by atoms with Crippen LogP contribution in [-0.4, -0.2) is 19.8 Å². The van der Waals surface area contributed by atoms with E-state index in [2.05, 4.69) is 25.2 Å². The Balaban J connectivity index is 2.74. The van der Waals surface area contributed by atoms with Crippen LogP contribution in [0.2, 0.25) is 0 Å². The maximum absolute atomic E-state index is 5.60. The summed E-state index contributed by atoms with van der Waals surface area (Å²) in [6.07, 6.45) is 3.58. The van der Waals surface area contributed by atoms with Crippen LogP contribution in [0, 0.1) is 0 Å². The molecule has 1 aromatic rings. The molecule has 1 N–H and O–H groups in total. The number of para-hydroxylation sites is 1. The molecule has 1 atom stereocenters. The first-order valence-corrected chi connectivity index (χ1v) is 7.28. The lowest BCUT2D eigenvalue weighted by molar-refractivity contribution is 0.308. The predicted molar refractivity (Wildman–Crippen MR) is 80.0 cm³/mol. The lowest BCUT2D eigenvalue weighted by Crippen LogP contribution is -2.27. The first-order chi connectivity index (χ1) is 9.26. The topological polar surface area (TPSA) is 30.5 Å². The van der Waals surface area contributed by atoms with Crippen LogP contribution < -0.4 is 14.8 Å². The summed E-state index contributed by atoms with van der Waals surface area (Å²) in [5, 5.41) is 3.60. The van der Waals surface area contributed by atoms with E-state index in [-0.39, 0.29) is 0 Å². The zero-order valence-electron chi connectivity index (χ0n) is 12.7. The van der Waals surface area contributed by atoms with E-state index in [9.17, 15) is 0 Å². The summed E-state index contributed by atoms with van der Waals surface area (Å²) in [5.74, 6) is 1.68. The van der Waals surface area contributed by atoms with Crippen molar-refractivity contribution in [2.75, 3.05) is 13.7 Å². The number of hydrogen-bond acceptors (Lipinski definition) is 3. The number of nitrogens with one attached hydrogen (secondary N) is 1. The summed E-state index contributed by atoms with van der Waals surface area (Å²) in [6.45, 7) is 7.91. The first-order valence-electron chi connectivity index (χ1n) is 7.28. The Morgan fingerprint density at radius 2 is 2.00 bits per heavy atom. The Morgan fingerprint density at radius 1 is 1.21 bits per heavy atom. The van der Waals surface area contributed by atoms with Crippen molar-refractivity contribution in [3.63, 3.8) is 0 Å². The van der Waals surface area contributed by atoms with Gasteiger partial charge in [0.2, 0.25) is 0 Å². The number of benzene rings is 1. The third kappa shape index (κ3) is 4.75. The maximum Gasteiger partial charge on any atom is 0.165 e. The van der Waals surface area contributed by atoms with Gasteiger partial charge in [0.05, 0.1) is 13.7 Å². The van der Waals surface area contributed by atoms with Gasteiger partial charge < -0.3 is 14.8 Å². The van der Waals surface area contributed by atoms with Crippen molar-refractivity contribution in [2.24, 2.45) is 0 Å². The van der Waals surface area contributed by atoms with Crippen LogP contribution >= 0.6 is 0 Å². The Labute approximate surface area is 117 Å². The smallest absolute Gasteiger partial charge is 0.165 e. The van der Waals surface area contributed by atoms with Crippen molar-refractivity contribution < 1.29 is 9.47 Å². The third-order valence-electron chi connectivity index (χ3n) is 3.28. The molecule has 3 nitrogen and oxygen atoms in total. The van der Waals surface area contributed by atoms with Crippen molar-refractivity contribution in [2.45, 2.75) is 52.6 Å². The van der Waals surface area contributed by atoms with E-state index in [1.807, 2.05) is 19.1 Å². The van der Waals surface area contributed by atoms with Crippen molar-refractivity contribution in [1.29, 1.82) is 0 Å². The molecule has 108 valence electrons. The highest BCUT2D eigenvalue weighted by molar-refractivity contribution is 5.46. The molecule has 0 saturated carbocycles.